The number of nitro benzene ring substituents is 1. The Hall–Kier alpha value is -0.870. The minimum absolute atomic E-state index is 0.106. The Morgan fingerprint density at radius 1 is 1.52 bits per heavy atom. The SMILES string of the molecule is CSC(CO)C(C)NS(=O)(=O)c1cc([N+](=O)[O-])ccc1Cl. The number of nitrogens with one attached hydrogen (secondary N) is 1. The van der Waals surface area contributed by atoms with Crippen LogP contribution in [-0.4, -0.2) is 42.6 Å². The summed E-state index contributed by atoms with van der Waals surface area (Å²) in [6.45, 7) is 1.40. The molecule has 0 aromatic heterocycles. The van der Waals surface area contributed by atoms with E-state index < -0.39 is 21.0 Å². The van der Waals surface area contributed by atoms with Gasteiger partial charge in [0.05, 0.1) is 16.6 Å². The normalized spacial score (nSPS) is 14.7. The molecule has 0 aliphatic rings. The fourth-order valence-electron chi connectivity index (χ4n) is 1.63. The maximum absolute atomic E-state index is 12.3. The van der Waals surface area contributed by atoms with Gasteiger partial charge in [-0.2, -0.15) is 11.8 Å². The first kappa shape index (κ1) is 18.2. The Bertz CT molecular complexity index is 619. The van der Waals surface area contributed by atoms with Crippen molar-refractivity contribution in [2.45, 2.75) is 23.1 Å². The summed E-state index contributed by atoms with van der Waals surface area (Å²) < 4.78 is 26.9. The molecular formula is C11H15ClN2O5S2. The molecule has 0 saturated heterocycles. The fraction of sp³-hybridized carbons (Fsp3) is 0.455. The van der Waals surface area contributed by atoms with Gasteiger partial charge in [0, 0.05) is 23.4 Å². The number of halogens is 1. The Labute approximate surface area is 131 Å². The highest BCUT2D eigenvalue weighted by molar-refractivity contribution is 7.99. The highest BCUT2D eigenvalue weighted by Gasteiger charge is 2.26. The summed E-state index contributed by atoms with van der Waals surface area (Å²) in [6, 6.07) is 2.63. The van der Waals surface area contributed by atoms with Gasteiger partial charge in [-0.25, -0.2) is 13.1 Å². The number of benzene rings is 1. The van der Waals surface area contributed by atoms with E-state index in [9.17, 15) is 18.5 Å². The summed E-state index contributed by atoms with van der Waals surface area (Å²) in [7, 11) is -4.02. The van der Waals surface area contributed by atoms with Gasteiger partial charge in [-0.05, 0) is 19.2 Å². The minimum Gasteiger partial charge on any atom is -0.395 e. The van der Waals surface area contributed by atoms with E-state index in [1.165, 1.54) is 11.8 Å². The van der Waals surface area contributed by atoms with Crippen LogP contribution < -0.4 is 4.72 Å². The molecule has 1 aromatic carbocycles. The first-order valence-corrected chi connectivity index (χ1v) is 8.97. The molecule has 1 rings (SSSR count). The van der Waals surface area contributed by atoms with Gasteiger partial charge in [0.25, 0.3) is 5.69 Å². The predicted molar refractivity (Wildman–Crippen MR) is 82.3 cm³/mol. The van der Waals surface area contributed by atoms with Crippen molar-refractivity contribution in [1.82, 2.24) is 4.72 Å². The third kappa shape index (κ3) is 4.55. The number of aliphatic hydroxyl groups is 1. The van der Waals surface area contributed by atoms with Crippen LogP contribution in [0.1, 0.15) is 6.92 Å². The Morgan fingerprint density at radius 3 is 2.62 bits per heavy atom. The van der Waals surface area contributed by atoms with Crippen LogP contribution in [0.5, 0.6) is 0 Å². The quantitative estimate of drug-likeness (QED) is 0.569. The molecule has 0 radical (unpaired) electrons. The first-order chi connectivity index (χ1) is 9.72. The van der Waals surface area contributed by atoms with Crippen LogP contribution in [0.3, 0.4) is 0 Å². The lowest BCUT2D eigenvalue weighted by molar-refractivity contribution is -0.385. The molecule has 2 atom stereocenters. The van der Waals surface area contributed by atoms with Crippen molar-refractivity contribution < 1.29 is 18.4 Å². The molecule has 7 nitrogen and oxygen atoms in total. The van der Waals surface area contributed by atoms with Crippen LogP contribution in [-0.2, 0) is 10.0 Å². The largest absolute Gasteiger partial charge is 0.395 e. The number of nitrogens with zero attached hydrogens (tertiary/aromatic N) is 1. The molecule has 0 spiro atoms. The summed E-state index contributed by atoms with van der Waals surface area (Å²) in [5.74, 6) is 0. The number of rotatable bonds is 7. The van der Waals surface area contributed by atoms with Crippen LogP contribution in [0.2, 0.25) is 5.02 Å². The van der Waals surface area contributed by atoms with Crippen molar-refractivity contribution in [3.63, 3.8) is 0 Å². The highest BCUT2D eigenvalue weighted by Crippen LogP contribution is 2.26. The zero-order chi connectivity index (χ0) is 16.2. The van der Waals surface area contributed by atoms with E-state index in [-0.39, 0.29) is 27.5 Å². The third-order valence-corrected chi connectivity index (χ3v) is 6.00. The van der Waals surface area contributed by atoms with Crippen LogP contribution in [0.4, 0.5) is 5.69 Å². The van der Waals surface area contributed by atoms with Gasteiger partial charge < -0.3 is 5.11 Å². The molecular weight excluding hydrogens is 340 g/mol. The molecule has 21 heavy (non-hydrogen) atoms. The second-order valence-corrected chi connectivity index (χ2v) is 7.41. The molecule has 0 saturated carbocycles. The highest BCUT2D eigenvalue weighted by atomic mass is 35.5. The molecule has 0 aliphatic carbocycles. The topological polar surface area (TPSA) is 110 Å². The van der Waals surface area contributed by atoms with Gasteiger partial charge >= 0.3 is 0 Å². The Balaban J connectivity index is 3.13. The molecule has 10 heteroatoms. The van der Waals surface area contributed by atoms with Crippen LogP contribution >= 0.6 is 23.4 Å². The lowest BCUT2D eigenvalue weighted by Crippen LogP contribution is -2.41. The van der Waals surface area contributed by atoms with Crippen LogP contribution in [0.15, 0.2) is 23.1 Å². The zero-order valence-electron chi connectivity index (χ0n) is 11.3. The maximum Gasteiger partial charge on any atom is 0.270 e. The molecule has 118 valence electrons. The van der Waals surface area contributed by atoms with Crippen molar-refractivity contribution in [2.75, 3.05) is 12.9 Å². The number of thioether (sulfide) groups is 1. The molecule has 0 aliphatic heterocycles. The fourth-order valence-corrected chi connectivity index (χ4v) is 4.15. The Kier molecular flexibility index (Phi) is 6.41. The van der Waals surface area contributed by atoms with E-state index in [1.807, 2.05) is 0 Å². The lowest BCUT2D eigenvalue weighted by atomic mass is 10.3. The summed E-state index contributed by atoms with van der Waals surface area (Å²) in [4.78, 5) is 9.67. The second kappa shape index (κ2) is 7.41. The van der Waals surface area contributed by atoms with Gasteiger partial charge in [-0.1, -0.05) is 11.6 Å². The molecule has 0 fully saturated rings. The van der Waals surface area contributed by atoms with Crippen molar-refractivity contribution in [3.05, 3.63) is 33.3 Å². The number of hydrogen-bond acceptors (Lipinski definition) is 6. The lowest BCUT2D eigenvalue weighted by Gasteiger charge is -2.21. The first-order valence-electron chi connectivity index (χ1n) is 5.83. The van der Waals surface area contributed by atoms with Crippen molar-refractivity contribution in [1.29, 1.82) is 0 Å². The van der Waals surface area contributed by atoms with E-state index in [4.69, 9.17) is 16.7 Å². The summed E-state index contributed by atoms with van der Waals surface area (Å²) in [5.41, 5.74) is -0.365. The summed E-state index contributed by atoms with van der Waals surface area (Å²) >= 11 is 7.13. The monoisotopic (exact) mass is 354 g/mol. The molecule has 0 bridgehead atoms. The second-order valence-electron chi connectivity index (χ2n) is 4.24. The van der Waals surface area contributed by atoms with E-state index in [2.05, 4.69) is 4.72 Å². The maximum atomic E-state index is 12.3. The number of aliphatic hydroxyl groups excluding tert-OH is 1. The van der Waals surface area contributed by atoms with Gasteiger partial charge in [-0.15, -0.1) is 0 Å². The van der Waals surface area contributed by atoms with Crippen LogP contribution in [0.25, 0.3) is 0 Å². The van der Waals surface area contributed by atoms with Gasteiger partial charge in [0.2, 0.25) is 10.0 Å². The summed E-state index contributed by atoms with van der Waals surface area (Å²) in [5, 5.41) is 19.4. The van der Waals surface area contributed by atoms with Gasteiger partial charge in [-0.3, -0.25) is 10.1 Å². The predicted octanol–water partition coefficient (Wildman–Crippen LogP) is 1.64. The van der Waals surface area contributed by atoms with Gasteiger partial charge in [0.15, 0.2) is 0 Å². The standard InChI is InChI=1S/C11H15ClN2O5S2/c1-7(10(6-15)20-2)13-21(18,19)11-5-8(14(16)17)3-4-9(11)12/h3-5,7,10,13,15H,6H2,1-2H3. The van der Waals surface area contributed by atoms with E-state index in [0.29, 0.717) is 0 Å². The number of sulfonamides is 1. The summed E-state index contributed by atoms with van der Waals surface area (Å²) in [6.07, 6.45) is 1.74. The van der Waals surface area contributed by atoms with E-state index >= 15 is 0 Å². The molecule has 0 heterocycles. The number of non-ortho nitro benzene ring substituents is 1. The molecule has 2 unspecified atom stereocenters. The Morgan fingerprint density at radius 2 is 2.14 bits per heavy atom. The average Bonchev–Trinajstić information content (AvgIpc) is 2.39. The number of nitro groups is 1. The van der Waals surface area contributed by atoms with Crippen molar-refractivity contribution in [3.8, 4) is 0 Å². The molecule has 2 N–H and O–H groups in total. The molecule has 0 amide bonds. The van der Waals surface area contributed by atoms with Crippen molar-refractivity contribution >= 4 is 39.1 Å². The number of hydrogen-bond donors (Lipinski definition) is 2. The smallest absolute Gasteiger partial charge is 0.270 e. The van der Waals surface area contributed by atoms with E-state index in [0.717, 1.165) is 18.2 Å². The van der Waals surface area contributed by atoms with E-state index in [1.54, 1.807) is 13.2 Å². The molecule has 1 aromatic rings. The van der Waals surface area contributed by atoms with Crippen LogP contribution in [0, 0.1) is 10.1 Å². The minimum atomic E-state index is -4.02. The van der Waals surface area contributed by atoms with Crippen molar-refractivity contribution in [2.24, 2.45) is 0 Å². The third-order valence-electron chi connectivity index (χ3n) is 2.80. The average molecular weight is 355 g/mol. The van der Waals surface area contributed by atoms with Gasteiger partial charge in [0.1, 0.15) is 4.90 Å². The zero-order valence-corrected chi connectivity index (χ0v) is 13.7.